The number of hydrogen-bond acceptors (Lipinski definition) is 4. The second-order valence-electron chi connectivity index (χ2n) is 5.70. The molecule has 4 nitrogen and oxygen atoms in total. The molecular formula is C18H16O4. The van der Waals surface area contributed by atoms with Gasteiger partial charge in [0.2, 0.25) is 0 Å². The molecule has 0 radical (unpaired) electrons. The molecule has 1 aliphatic rings. The first kappa shape index (κ1) is 13.3. The second-order valence-corrected chi connectivity index (χ2v) is 5.70. The summed E-state index contributed by atoms with van der Waals surface area (Å²) < 4.78 is 16.6. The van der Waals surface area contributed by atoms with Crippen molar-refractivity contribution < 1.29 is 13.9 Å². The zero-order valence-corrected chi connectivity index (χ0v) is 12.3. The first-order valence-corrected chi connectivity index (χ1v) is 7.42. The van der Waals surface area contributed by atoms with Crippen LogP contribution in [0.3, 0.4) is 0 Å². The molecule has 0 amide bonds. The molecule has 1 unspecified atom stereocenters. The Morgan fingerprint density at radius 2 is 1.95 bits per heavy atom. The van der Waals surface area contributed by atoms with Crippen molar-refractivity contribution in [3.05, 3.63) is 52.4 Å². The zero-order valence-electron chi connectivity index (χ0n) is 12.3. The Morgan fingerprint density at radius 3 is 2.77 bits per heavy atom. The van der Waals surface area contributed by atoms with E-state index < -0.39 is 0 Å². The standard InChI is InChI=1S/C18H16O4/c1-11-2-4-15-14-5-3-12(21-13-6-7-20-10-13)9-16(14)18(19)22-17(15)8-11/h2-5,8-9,13H,6-7,10H2,1H3. The van der Waals surface area contributed by atoms with Gasteiger partial charge in [0.05, 0.1) is 18.6 Å². The molecule has 2 heterocycles. The van der Waals surface area contributed by atoms with Crippen LogP contribution in [0.15, 0.2) is 45.6 Å². The minimum atomic E-state index is -0.332. The Morgan fingerprint density at radius 1 is 1.09 bits per heavy atom. The first-order valence-electron chi connectivity index (χ1n) is 7.42. The van der Waals surface area contributed by atoms with E-state index in [1.807, 2.05) is 37.3 Å². The van der Waals surface area contributed by atoms with Gasteiger partial charge in [0.15, 0.2) is 0 Å². The smallest absolute Gasteiger partial charge is 0.344 e. The van der Waals surface area contributed by atoms with Gasteiger partial charge >= 0.3 is 5.63 Å². The van der Waals surface area contributed by atoms with Crippen molar-refractivity contribution >= 4 is 21.7 Å². The quantitative estimate of drug-likeness (QED) is 0.537. The van der Waals surface area contributed by atoms with Gasteiger partial charge in [-0.3, -0.25) is 0 Å². The molecule has 0 aliphatic carbocycles. The van der Waals surface area contributed by atoms with Crippen LogP contribution in [0.2, 0.25) is 0 Å². The van der Waals surface area contributed by atoms with Crippen LogP contribution >= 0.6 is 0 Å². The molecule has 1 aliphatic heterocycles. The SMILES string of the molecule is Cc1ccc2c(c1)oc(=O)c1cc(OC3CCOC3)ccc12. The van der Waals surface area contributed by atoms with Crippen molar-refractivity contribution in [3.63, 3.8) is 0 Å². The van der Waals surface area contributed by atoms with Gasteiger partial charge in [0, 0.05) is 17.2 Å². The van der Waals surface area contributed by atoms with Crippen molar-refractivity contribution in [2.24, 2.45) is 0 Å². The summed E-state index contributed by atoms with van der Waals surface area (Å²) in [6.07, 6.45) is 0.941. The third kappa shape index (κ3) is 2.25. The van der Waals surface area contributed by atoms with E-state index in [2.05, 4.69) is 0 Å². The van der Waals surface area contributed by atoms with E-state index in [0.29, 0.717) is 23.3 Å². The monoisotopic (exact) mass is 296 g/mol. The molecular weight excluding hydrogens is 280 g/mol. The summed E-state index contributed by atoms with van der Waals surface area (Å²) in [5.74, 6) is 0.682. The topological polar surface area (TPSA) is 48.7 Å². The van der Waals surface area contributed by atoms with Crippen LogP contribution in [0.25, 0.3) is 21.7 Å². The van der Waals surface area contributed by atoms with Crippen molar-refractivity contribution in [1.29, 1.82) is 0 Å². The Hall–Kier alpha value is -2.33. The van der Waals surface area contributed by atoms with Gasteiger partial charge in [-0.1, -0.05) is 12.1 Å². The maximum Gasteiger partial charge on any atom is 0.344 e. The predicted molar refractivity (Wildman–Crippen MR) is 84.6 cm³/mol. The van der Waals surface area contributed by atoms with Crippen LogP contribution in [0, 0.1) is 6.92 Å². The molecule has 1 fully saturated rings. The van der Waals surface area contributed by atoms with Crippen molar-refractivity contribution in [1.82, 2.24) is 0 Å². The fourth-order valence-corrected chi connectivity index (χ4v) is 2.89. The third-order valence-corrected chi connectivity index (χ3v) is 4.03. The van der Waals surface area contributed by atoms with E-state index in [4.69, 9.17) is 13.9 Å². The lowest BCUT2D eigenvalue weighted by molar-refractivity contribution is 0.141. The Kier molecular flexibility index (Phi) is 3.12. The number of fused-ring (bicyclic) bond motifs is 3. The van der Waals surface area contributed by atoms with Crippen LogP contribution in [0.5, 0.6) is 5.75 Å². The molecule has 3 aromatic rings. The molecule has 0 bridgehead atoms. The van der Waals surface area contributed by atoms with Gasteiger partial charge in [-0.15, -0.1) is 0 Å². The number of aryl methyl sites for hydroxylation is 1. The lowest BCUT2D eigenvalue weighted by Gasteiger charge is -2.12. The third-order valence-electron chi connectivity index (χ3n) is 4.03. The summed E-state index contributed by atoms with van der Waals surface area (Å²) >= 11 is 0. The largest absolute Gasteiger partial charge is 0.488 e. The van der Waals surface area contributed by atoms with Crippen molar-refractivity contribution in [3.8, 4) is 5.75 Å². The van der Waals surface area contributed by atoms with E-state index in [0.717, 1.165) is 29.4 Å². The molecule has 2 aromatic carbocycles. The van der Waals surface area contributed by atoms with Gasteiger partial charge in [0.25, 0.3) is 0 Å². The molecule has 4 rings (SSSR count). The maximum atomic E-state index is 12.2. The fourth-order valence-electron chi connectivity index (χ4n) is 2.89. The fraction of sp³-hybridized carbons (Fsp3) is 0.278. The molecule has 0 spiro atoms. The summed E-state index contributed by atoms with van der Waals surface area (Å²) in [4.78, 5) is 12.2. The minimum Gasteiger partial charge on any atom is -0.488 e. The molecule has 0 N–H and O–H groups in total. The molecule has 0 saturated carbocycles. The number of hydrogen-bond donors (Lipinski definition) is 0. The van der Waals surface area contributed by atoms with Gasteiger partial charge < -0.3 is 13.9 Å². The normalized spacial score (nSPS) is 18.1. The van der Waals surface area contributed by atoms with E-state index >= 15 is 0 Å². The van der Waals surface area contributed by atoms with Crippen LogP contribution in [0.1, 0.15) is 12.0 Å². The van der Waals surface area contributed by atoms with Crippen LogP contribution in [-0.4, -0.2) is 19.3 Å². The predicted octanol–water partition coefficient (Wildman–Crippen LogP) is 3.42. The average Bonchev–Trinajstić information content (AvgIpc) is 3.00. The van der Waals surface area contributed by atoms with E-state index in [9.17, 15) is 4.79 Å². The summed E-state index contributed by atoms with van der Waals surface area (Å²) in [6, 6.07) is 11.5. The van der Waals surface area contributed by atoms with E-state index in [1.54, 1.807) is 6.07 Å². The van der Waals surface area contributed by atoms with Gasteiger partial charge in [-0.25, -0.2) is 4.79 Å². The molecule has 112 valence electrons. The van der Waals surface area contributed by atoms with Crippen molar-refractivity contribution in [2.75, 3.05) is 13.2 Å². The van der Waals surface area contributed by atoms with Crippen molar-refractivity contribution in [2.45, 2.75) is 19.4 Å². The summed E-state index contributed by atoms with van der Waals surface area (Å²) in [6.45, 7) is 3.30. The summed E-state index contributed by atoms with van der Waals surface area (Å²) in [5.41, 5.74) is 1.35. The minimum absolute atomic E-state index is 0.0626. The zero-order chi connectivity index (χ0) is 15.1. The molecule has 1 aromatic heterocycles. The highest BCUT2D eigenvalue weighted by Crippen LogP contribution is 2.27. The lowest BCUT2D eigenvalue weighted by atomic mass is 10.1. The van der Waals surface area contributed by atoms with E-state index in [-0.39, 0.29) is 11.7 Å². The number of ether oxygens (including phenoxy) is 2. The Balaban J connectivity index is 1.85. The maximum absolute atomic E-state index is 12.2. The van der Waals surface area contributed by atoms with Crippen LogP contribution in [-0.2, 0) is 4.74 Å². The Labute approximate surface area is 127 Å². The summed E-state index contributed by atoms with van der Waals surface area (Å²) in [7, 11) is 0. The van der Waals surface area contributed by atoms with Gasteiger partial charge in [-0.05, 0) is 36.8 Å². The highest BCUT2D eigenvalue weighted by Gasteiger charge is 2.18. The highest BCUT2D eigenvalue weighted by molar-refractivity contribution is 6.04. The van der Waals surface area contributed by atoms with Crippen LogP contribution in [0.4, 0.5) is 0 Å². The highest BCUT2D eigenvalue weighted by atomic mass is 16.5. The average molecular weight is 296 g/mol. The Bertz CT molecular complexity index is 904. The van der Waals surface area contributed by atoms with Crippen LogP contribution < -0.4 is 10.4 Å². The lowest BCUT2D eigenvalue weighted by Crippen LogP contribution is -2.15. The molecule has 1 saturated heterocycles. The number of benzene rings is 2. The molecule has 4 heteroatoms. The molecule has 1 atom stereocenters. The molecule has 22 heavy (non-hydrogen) atoms. The van der Waals surface area contributed by atoms with Gasteiger partial charge in [-0.2, -0.15) is 0 Å². The second kappa shape index (κ2) is 5.14. The van der Waals surface area contributed by atoms with E-state index in [1.165, 1.54) is 0 Å². The number of rotatable bonds is 2. The first-order chi connectivity index (χ1) is 10.7. The summed E-state index contributed by atoms with van der Waals surface area (Å²) in [5, 5.41) is 2.38. The van der Waals surface area contributed by atoms with Gasteiger partial charge in [0.1, 0.15) is 17.4 Å².